The summed E-state index contributed by atoms with van der Waals surface area (Å²) in [4.78, 5) is 23.4. The van der Waals surface area contributed by atoms with Gasteiger partial charge in [-0.15, -0.1) is 0 Å². The Morgan fingerprint density at radius 1 is 1.25 bits per heavy atom. The molecule has 1 aliphatic rings. The summed E-state index contributed by atoms with van der Waals surface area (Å²) in [6, 6.07) is 7.10. The van der Waals surface area contributed by atoms with E-state index in [1.165, 1.54) is 0 Å². The molecule has 2 rings (SSSR count). The zero-order valence-corrected chi connectivity index (χ0v) is 11.7. The van der Waals surface area contributed by atoms with Crippen molar-refractivity contribution in [2.24, 2.45) is 0 Å². The van der Waals surface area contributed by atoms with Crippen molar-refractivity contribution in [2.45, 2.75) is 38.6 Å². The Labute approximate surface area is 119 Å². The van der Waals surface area contributed by atoms with Crippen molar-refractivity contribution < 1.29 is 9.59 Å². The fourth-order valence-electron chi connectivity index (χ4n) is 2.23. The van der Waals surface area contributed by atoms with Crippen LogP contribution in [0.5, 0.6) is 0 Å². The summed E-state index contributed by atoms with van der Waals surface area (Å²) in [5, 5.41) is 8.88. The highest BCUT2D eigenvalue weighted by Crippen LogP contribution is 2.16. The molecule has 108 valence electrons. The number of rotatable bonds is 4. The third-order valence-electron chi connectivity index (χ3n) is 3.36. The maximum absolute atomic E-state index is 12.1. The van der Waals surface area contributed by atoms with Gasteiger partial charge in [-0.3, -0.25) is 9.59 Å². The lowest BCUT2D eigenvalue weighted by Crippen LogP contribution is -2.43. The van der Waals surface area contributed by atoms with E-state index in [4.69, 9.17) is 0 Å². The zero-order valence-electron chi connectivity index (χ0n) is 11.7. The number of carbonyl (C=O) groups excluding carboxylic acids is 2. The molecule has 0 saturated carbocycles. The predicted octanol–water partition coefficient (Wildman–Crippen LogP) is 2.12. The van der Waals surface area contributed by atoms with E-state index in [0.29, 0.717) is 17.8 Å². The lowest BCUT2D eigenvalue weighted by atomic mass is 10.0. The largest absolute Gasteiger partial charge is 0.326 e. The van der Waals surface area contributed by atoms with Crippen LogP contribution in [-0.2, 0) is 9.59 Å². The second kappa shape index (κ2) is 7.05. The summed E-state index contributed by atoms with van der Waals surface area (Å²) < 4.78 is 0. The molecular weight excluding hydrogens is 254 g/mol. The first kappa shape index (κ1) is 14.5. The van der Waals surface area contributed by atoms with Gasteiger partial charge >= 0.3 is 0 Å². The second-order valence-corrected chi connectivity index (χ2v) is 4.97. The van der Waals surface area contributed by atoms with Crippen molar-refractivity contribution in [1.82, 2.24) is 5.32 Å². The van der Waals surface area contributed by atoms with Gasteiger partial charge in [-0.05, 0) is 37.6 Å². The number of anilines is 2. The number of nitrogens with one attached hydrogen (secondary N) is 3. The Balaban J connectivity index is 1.96. The van der Waals surface area contributed by atoms with Crippen molar-refractivity contribution in [1.29, 1.82) is 0 Å². The molecule has 1 aromatic rings. The minimum Gasteiger partial charge on any atom is -0.326 e. The molecule has 0 unspecified atom stereocenters. The molecule has 1 aliphatic heterocycles. The molecule has 0 aliphatic carbocycles. The molecule has 5 heteroatoms. The molecule has 2 amide bonds. The zero-order chi connectivity index (χ0) is 14.4. The molecule has 1 heterocycles. The van der Waals surface area contributed by atoms with Gasteiger partial charge in [-0.1, -0.05) is 19.4 Å². The van der Waals surface area contributed by atoms with Crippen molar-refractivity contribution in [2.75, 3.05) is 17.2 Å². The molecule has 0 bridgehead atoms. The van der Waals surface area contributed by atoms with Crippen molar-refractivity contribution in [3.63, 3.8) is 0 Å². The SMILES string of the molecule is CCC(=O)Nc1cccc(NC(=O)[C@@H]2CCCCN2)c1. The van der Waals surface area contributed by atoms with E-state index < -0.39 is 0 Å². The van der Waals surface area contributed by atoms with Crippen molar-refractivity contribution >= 4 is 23.2 Å². The summed E-state index contributed by atoms with van der Waals surface area (Å²) in [6.07, 6.45) is 3.51. The highest BCUT2D eigenvalue weighted by Gasteiger charge is 2.20. The Bertz CT molecular complexity index is 482. The van der Waals surface area contributed by atoms with E-state index in [2.05, 4.69) is 16.0 Å². The normalized spacial score (nSPS) is 18.4. The molecule has 0 radical (unpaired) electrons. The summed E-state index contributed by atoms with van der Waals surface area (Å²) >= 11 is 0. The van der Waals surface area contributed by atoms with Crippen LogP contribution in [0.4, 0.5) is 11.4 Å². The number of piperidine rings is 1. The maximum Gasteiger partial charge on any atom is 0.241 e. The lowest BCUT2D eigenvalue weighted by Gasteiger charge is -2.22. The summed E-state index contributed by atoms with van der Waals surface area (Å²) in [7, 11) is 0. The van der Waals surface area contributed by atoms with Crippen LogP contribution < -0.4 is 16.0 Å². The highest BCUT2D eigenvalue weighted by atomic mass is 16.2. The van der Waals surface area contributed by atoms with Gasteiger partial charge in [0.1, 0.15) is 0 Å². The van der Waals surface area contributed by atoms with Crippen molar-refractivity contribution in [3.05, 3.63) is 24.3 Å². The topological polar surface area (TPSA) is 70.2 Å². The van der Waals surface area contributed by atoms with E-state index in [0.717, 1.165) is 25.8 Å². The highest BCUT2D eigenvalue weighted by molar-refractivity contribution is 5.96. The fraction of sp³-hybridized carbons (Fsp3) is 0.467. The van der Waals surface area contributed by atoms with Gasteiger partial charge in [0, 0.05) is 17.8 Å². The average molecular weight is 275 g/mol. The second-order valence-electron chi connectivity index (χ2n) is 4.97. The first-order chi connectivity index (χ1) is 9.69. The van der Waals surface area contributed by atoms with Gasteiger partial charge in [-0.2, -0.15) is 0 Å². The van der Waals surface area contributed by atoms with Crippen molar-refractivity contribution in [3.8, 4) is 0 Å². The Kier molecular flexibility index (Phi) is 5.12. The van der Waals surface area contributed by atoms with Crippen LogP contribution in [0.25, 0.3) is 0 Å². The van der Waals surface area contributed by atoms with Gasteiger partial charge in [-0.25, -0.2) is 0 Å². The van der Waals surface area contributed by atoms with Crippen LogP contribution in [0.3, 0.4) is 0 Å². The molecule has 20 heavy (non-hydrogen) atoms. The minimum absolute atomic E-state index is 0.0105. The van der Waals surface area contributed by atoms with Crippen LogP contribution in [0.1, 0.15) is 32.6 Å². The monoisotopic (exact) mass is 275 g/mol. The Morgan fingerprint density at radius 3 is 2.65 bits per heavy atom. The average Bonchev–Trinajstić information content (AvgIpc) is 2.48. The molecular formula is C15H21N3O2. The molecule has 3 N–H and O–H groups in total. The van der Waals surface area contributed by atoms with Gasteiger partial charge in [0.2, 0.25) is 11.8 Å². The first-order valence-corrected chi connectivity index (χ1v) is 7.13. The van der Waals surface area contributed by atoms with Crippen LogP contribution in [0.15, 0.2) is 24.3 Å². The first-order valence-electron chi connectivity index (χ1n) is 7.13. The van der Waals surface area contributed by atoms with Gasteiger partial charge in [0.05, 0.1) is 6.04 Å². The van der Waals surface area contributed by atoms with Crippen LogP contribution >= 0.6 is 0 Å². The molecule has 1 fully saturated rings. The number of carbonyl (C=O) groups is 2. The van der Waals surface area contributed by atoms with E-state index in [9.17, 15) is 9.59 Å². The molecule has 0 spiro atoms. The van der Waals surface area contributed by atoms with Crippen LogP contribution in [-0.4, -0.2) is 24.4 Å². The van der Waals surface area contributed by atoms with E-state index in [1.54, 1.807) is 13.0 Å². The summed E-state index contributed by atoms with van der Waals surface area (Å²) in [5.41, 5.74) is 1.41. The van der Waals surface area contributed by atoms with E-state index in [-0.39, 0.29) is 17.9 Å². The van der Waals surface area contributed by atoms with Crippen LogP contribution in [0.2, 0.25) is 0 Å². The number of hydrogen-bond acceptors (Lipinski definition) is 3. The number of amides is 2. The smallest absolute Gasteiger partial charge is 0.241 e. The van der Waals surface area contributed by atoms with E-state index >= 15 is 0 Å². The molecule has 1 saturated heterocycles. The van der Waals surface area contributed by atoms with E-state index in [1.807, 2.05) is 18.2 Å². The third kappa shape index (κ3) is 4.06. The summed E-state index contributed by atoms with van der Waals surface area (Å²) in [6.45, 7) is 2.69. The molecule has 5 nitrogen and oxygen atoms in total. The van der Waals surface area contributed by atoms with Crippen LogP contribution in [0, 0.1) is 0 Å². The molecule has 0 aromatic heterocycles. The molecule has 1 atom stereocenters. The third-order valence-corrected chi connectivity index (χ3v) is 3.36. The number of hydrogen-bond donors (Lipinski definition) is 3. The minimum atomic E-state index is -0.113. The molecule has 1 aromatic carbocycles. The predicted molar refractivity (Wildman–Crippen MR) is 79.6 cm³/mol. The number of benzene rings is 1. The van der Waals surface area contributed by atoms with Gasteiger partial charge < -0.3 is 16.0 Å². The van der Waals surface area contributed by atoms with Gasteiger partial charge in [0.15, 0.2) is 0 Å². The Morgan fingerprint density at radius 2 is 2.00 bits per heavy atom. The quantitative estimate of drug-likeness (QED) is 0.788. The summed E-state index contributed by atoms with van der Waals surface area (Å²) in [5.74, 6) is -0.0499. The maximum atomic E-state index is 12.1. The Hall–Kier alpha value is -1.88. The fourth-order valence-corrected chi connectivity index (χ4v) is 2.23. The van der Waals surface area contributed by atoms with Gasteiger partial charge in [0.25, 0.3) is 0 Å². The standard InChI is InChI=1S/C15H21N3O2/c1-2-14(19)17-11-6-5-7-12(10-11)18-15(20)13-8-3-4-9-16-13/h5-7,10,13,16H,2-4,8-9H2,1H3,(H,17,19)(H,18,20)/t13-/m0/s1. The lowest BCUT2D eigenvalue weighted by molar-refractivity contribution is -0.118.